The van der Waals surface area contributed by atoms with Gasteiger partial charge in [-0.1, -0.05) is 12.1 Å². The molecule has 5 N–H and O–H groups in total. The summed E-state index contributed by atoms with van der Waals surface area (Å²) in [5.41, 5.74) is 0.824. The summed E-state index contributed by atoms with van der Waals surface area (Å²) in [6, 6.07) is 6.17. The Balaban J connectivity index is 1.83. The van der Waals surface area contributed by atoms with Crippen LogP contribution in [-0.2, 0) is 11.2 Å². The van der Waals surface area contributed by atoms with E-state index >= 15 is 0 Å². The number of methoxy groups -OCH3 is 1. The van der Waals surface area contributed by atoms with Gasteiger partial charge in [0.15, 0.2) is 0 Å². The smallest absolute Gasteiger partial charge is 0.224 e. The van der Waals surface area contributed by atoms with Crippen molar-refractivity contribution in [2.75, 3.05) is 20.3 Å². The summed E-state index contributed by atoms with van der Waals surface area (Å²) in [7, 11) is 1.56. The Bertz CT molecular complexity index is 510. The SMILES string of the molecule is COc1cccc(CC(=O)NC[C@H]2N[C@H](CO)[C@H](O)[C@@H]2O)c1. The van der Waals surface area contributed by atoms with Crippen molar-refractivity contribution in [3.63, 3.8) is 0 Å². The summed E-state index contributed by atoms with van der Waals surface area (Å²) in [5, 5.41) is 34.2. The molecule has 2 rings (SSSR count). The molecule has 0 bridgehead atoms. The Morgan fingerprint density at radius 3 is 2.68 bits per heavy atom. The molecule has 7 heteroatoms. The van der Waals surface area contributed by atoms with Gasteiger partial charge < -0.3 is 30.7 Å². The van der Waals surface area contributed by atoms with Gasteiger partial charge in [-0.05, 0) is 17.7 Å². The molecule has 7 nitrogen and oxygen atoms in total. The van der Waals surface area contributed by atoms with E-state index in [9.17, 15) is 15.0 Å². The normalized spacial score (nSPS) is 27.6. The largest absolute Gasteiger partial charge is 0.497 e. The number of amides is 1. The van der Waals surface area contributed by atoms with E-state index in [1.807, 2.05) is 12.1 Å². The molecule has 1 aliphatic heterocycles. The molecule has 0 spiro atoms. The zero-order valence-corrected chi connectivity index (χ0v) is 12.4. The minimum atomic E-state index is -1.04. The highest BCUT2D eigenvalue weighted by atomic mass is 16.5. The summed E-state index contributed by atoms with van der Waals surface area (Å²) in [5.74, 6) is 0.497. The van der Waals surface area contributed by atoms with Crippen molar-refractivity contribution in [3.8, 4) is 5.75 Å². The van der Waals surface area contributed by atoms with Crippen LogP contribution >= 0.6 is 0 Å². The first-order chi connectivity index (χ1) is 10.5. The van der Waals surface area contributed by atoms with Crippen molar-refractivity contribution in [1.29, 1.82) is 0 Å². The lowest BCUT2D eigenvalue weighted by Gasteiger charge is -2.16. The van der Waals surface area contributed by atoms with Gasteiger partial charge in [0.2, 0.25) is 5.91 Å². The fourth-order valence-electron chi connectivity index (χ4n) is 2.54. The van der Waals surface area contributed by atoms with E-state index in [4.69, 9.17) is 9.84 Å². The van der Waals surface area contributed by atoms with Crippen LogP contribution in [0.3, 0.4) is 0 Å². The topological polar surface area (TPSA) is 111 Å². The molecule has 1 aliphatic rings. The molecule has 4 atom stereocenters. The highest BCUT2D eigenvalue weighted by Crippen LogP contribution is 2.14. The van der Waals surface area contributed by atoms with Crippen molar-refractivity contribution in [2.24, 2.45) is 0 Å². The van der Waals surface area contributed by atoms with Crippen LogP contribution in [0.1, 0.15) is 5.56 Å². The van der Waals surface area contributed by atoms with Gasteiger partial charge >= 0.3 is 0 Å². The standard InChI is InChI=1S/C15H22N2O5/c1-22-10-4-2-3-9(5-10)6-13(19)16-7-11-14(20)15(21)12(8-18)17-11/h2-5,11-12,14-15,17-18,20-21H,6-8H2,1H3,(H,16,19)/t11-,12-,14-,15+/m1/s1. The molecular weight excluding hydrogens is 288 g/mol. The predicted molar refractivity (Wildman–Crippen MR) is 79.5 cm³/mol. The van der Waals surface area contributed by atoms with E-state index in [0.717, 1.165) is 5.56 Å². The lowest BCUT2D eigenvalue weighted by Crippen LogP contribution is -2.44. The Kier molecular flexibility index (Phi) is 5.73. The van der Waals surface area contributed by atoms with Crippen LogP contribution in [0.4, 0.5) is 0 Å². The third-order valence-electron chi connectivity index (χ3n) is 3.82. The molecule has 1 heterocycles. The first-order valence-corrected chi connectivity index (χ1v) is 7.17. The Morgan fingerprint density at radius 2 is 2.05 bits per heavy atom. The summed E-state index contributed by atoms with van der Waals surface area (Å²) in [6.45, 7) is -0.0932. The molecule has 1 aromatic carbocycles. The summed E-state index contributed by atoms with van der Waals surface area (Å²) in [4.78, 5) is 11.9. The number of hydrogen-bond acceptors (Lipinski definition) is 6. The lowest BCUT2D eigenvalue weighted by molar-refractivity contribution is -0.120. The molecule has 0 saturated carbocycles. The third-order valence-corrected chi connectivity index (χ3v) is 3.82. The van der Waals surface area contributed by atoms with Gasteiger partial charge in [-0.3, -0.25) is 4.79 Å². The molecule has 1 fully saturated rings. The van der Waals surface area contributed by atoms with Crippen LogP contribution in [-0.4, -0.2) is 65.8 Å². The molecule has 122 valence electrons. The number of carbonyl (C=O) groups excluding carboxylic acids is 1. The van der Waals surface area contributed by atoms with E-state index in [0.29, 0.717) is 5.75 Å². The van der Waals surface area contributed by atoms with E-state index in [1.54, 1.807) is 19.2 Å². The van der Waals surface area contributed by atoms with Gasteiger partial charge in [-0.25, -0.2) is 0 Å². The molecule has 0 aliphatic carbocycles. The van der Waals surface area contributed by atoms with Gasteiger partial charge in [0.05, 0.1) is 44.4 Å². The Labute approximate surface area is 128 Å². The highest BCUT2D eigenvalue weighted by molar-refractivity contribution is 5.78. The number of carbonyl (C=O) groups is 1. The average molecular weight is 310 g/mol. The van der Waals surface area contributed by atoms with Crippen LogP contribution in [0.25, 0.3) is 0 Å². The maximum atomic E-state index is 11.9. The molecule has 0 aromatic heterocycles. The number of aliphatic hydroxyl groups is 3. The molecule has 0 unspecified atom stereocenters. The first-order valence-electron chi connectivity index (χ1n) is 7.17. The second-order valence-corrected chi connectivity index (χ2v) is 5.38. The van der Waals surface area contributed by atoms with Gasteiger partial charge in [-0.2, -0.15) is 0 Å². The molecule has 1 saturated heterocycles. The Morgan fingerprint density at radius 1 is 1.32 bits per heavy atom. The van der Waals surface area contributed by atoms with Gasteiger partial charge in [-0.15, -0.1) is 0 Å². The minimum Gasteiger partial charge on any atom is -0.497 e. The number of ether oxygens (including phenoxy) is 1. The van der Waals surface area contributed by atoms with Crippen LogP contribution in [0.15, 0.2) is 24.3 Å². The summed E-state index contributed by atoms with van der Waals surface area (Å²) < 4.78 is 5.10. The van der Waals surface area contributed by atoms with E-state index in [2.05, 4.69) is 10.6 Å². The average Bonchev–Trinajstić information content (AvgIpc) is 2.80. The number of hydrogen-bond donors (Lipinski definition) is 5. The van der Waals surface area contributed by atoms with Gasteiger partial charge in [0.1, 0.15) is 5.75 Å². The fraction of sp³-hybridized carbons (Fsp3) is 0.533. The van der Waals surface area contributed by atoms with Crippen molar-refractivity contribution in [2.45, 2.75) is 30.7 Å². The Hall–Kier alpha value is -1.67. The van der Waals surface area contributed by atoms with Crippen LogP contribution in [0, 0.1) is 0 Å². The van der Waals surface area contributed by atoms with Crippen molar-refractivity contribution in [1.82, 2.24) is 10.6 Å². The van der Waals surface area contributed by atoms with Gasteiger partial charge in [0.25, 0.3) is 0 Å². The number of rotatable bonds is 6. The second-order valence-electron chi connectivity index (χ2n) is 5.38. The van der Waals surface area contributed by atoms with Crippen LogP contribution < -0.4 is 15.4 Å². The summed E-state index contributed by atoms with van der Waals surface area (Å²) >= 11 is 0. The maximum absolute atomic E-state index is 11.9. The fourth-order valence-corrected chi connectivity index (χ4v) is 2.54. The molecular formula is C15H22N2O5. The maximum Gasteiger partial charge on any atom is 0.224 e. The first kappa shape index (κ1) is 16.7. The van der Waals surface area contributed by atoms with Crippen LogP contribution in [0.5, 0.6) is 5.75 Å². The van der Waals surface area contributed by atoms with E-state index in [1.165, 1.54) is 0 Å². The zero-order chi connectivity index (χ0) is 16.1. The van der Waals surface area contributed by atoms with Crippen LogP contribution in [0.2, 0.25) is 0 Å². The molecule has 1 amide bonds. The quantitative estimate of drug-likeness (QED) is 0.433. The summed E-state index contributed by atoms with van der Waals surface area (Å²) in [6.07, 6.45) is -1.86. The van der Waals surface area contributed by atoms with E-state index in [-0.39, 0.29) is 25.5 Å². The van der Waals surface area contributed by atoms with E-state index < -0.39 is 24.3 Å². The monoisotopic (exact) mass is 310 g/mol. The predicted octanol–water partition coefficient (Wildman–Crippen LogP) is -1.59. The molecule has 1 aromatic rings. The minimum absolute atomic E-state index is 0.178. The highest BCUT2D eigenvalue weighted by Gasteiger charge is 2.40. The molecule has 22 heavy (non-hydrogen) atoms. The number of aliphatic hydroxyl groups excluding tert-OH is 3. The number of benzene rings is 1. The van der Waals surface area contributed by atoms with Gasteiger partial charge in [0, 0.05) is 6.54 Å². The van der Waals surface area contributed by atoms with Crippen molar-refractivity contribution in [3.05, 3.63) is 29.8 Å². The number of nitrogens with one attached hydrogen (secondary N) is 2. The second kappa shape index (κ2) is 7.55. The van der Waals surface area contributed by atoms with Crippen molar-refractivity contribution < 1.29 is 24.9 Å². The zero-order valence-electron chi connectivity index (χ0n) is 12.4. The van der Waals surface area contributed by atoms with Crippen molar-refractivity contribution >= 4 is 5.91 Å². The molecule has 0 radical (unpaired) electrons. The third kappa shape index (κ3) is 3.95. The lowest BCUT2D eigenvalue weighted by atomic mass is 10.1.